The first-order chi connectivity index (χ1) is 8.77. The summed E-state index contributed by atoms with van der Waals surface area (Å²) in [7, 11) is 0. The minimum Gasteiger partial charge on any atom is -0.486 e. The molecule has 1 fully saturated rings. The first-order valence-electron chi connectivity index (χ1n) is 5.94. The number of benzene rings is 1. The van der Waals surface area contributed by atoms with Crippen LogP contribution in [0.15, 0.2) is 17.1 Å². The summed E-state index contributed by atoms with van der Waals surface area (Å²) in [6, 6.07) is 2.96. The molecule has 1 aromatic carbocycles. The van der Waals surface area contributed by atoms with E-state index in [4.69, 9.17) is 9.47 Å². The van der Waals surface area contributed by atoms with Crippen LogP contribution in [0.2, 0.25) is 0 Å². The first-order valence-corrected chi connectivity index (χ1v) is 5.94. The summed E-state index contributed by atoms with van der Waals surface area (Å²) in [5.41, 5.74) is 0.133. The molecule has 3 rings (SSSR count). The average molecular weight is 249 g/mol. The Morgan fingerprint density at radius 1 is 1.22 bits per heavy atom. The van der Waals surface area contributed by atoms with Gasteiger partial charge in [0.25, 0.3) is 0 Å². The molecule has 1 heterocycles. The molecule has 94 valence electrons. The molecule has 18 heavy (non-hydrogen) atoms. The van der Waals surface area contributed by atoms with Gasteiger partial charge in [-0.25, -0.2) is 9.18 Å². The van der Waals surface area contributed by atoms with Crippen LogP contribution in [-0.4, -0.2) is 19.3 Å². The number of aliphatic imine (C=N–C) groups is 1. The van der Waals surface area contributed by atoms with Gasteiger partial charge in [-0.3, -0.25) is 0 Å². The van der Waals surface area contributed by atoms with Crippen molar-refractivity contribution in [2.24, 2.45) is 4.99 Å². The van der Waals surface area contributed by atoms with Crippen LogP contribution in [0.5, 0.6) is 11.5 Å². The van der Waals surface area contributed by atoms with Crippen LogP contribution in [0.25, 0.3) is 0 Å². The van der Waals surface area contributed by atoms with E-state index in [-0.39, 0.29) is 5.75 Å². The number of ether oxygens (including phenoxy) is 2. The topological polar surface area (TPSA) is 47.9 Å². The molecule has 0 bridgehead atoms. The number of isocyanates is 1. The molecule has 2 aliphatic rings. The van der Waals surface area contributed by atoms with Crippen molar-refractivity contribution >= 4 is 6.08 Å². The SMILES string of the molecule is O=C=NC1(c2ccc(F)c3c2OCCO3)CCC1. The zero-order chi connectivity index (χ0) is 12.6. The molecule has 0 saturated heterocycles. The fourth-order valence-electron chi connectivity index (χ4n) is 2.51. The van der Waals surface area contributed by atoms with Crippen molar-refractivity contribution in [1.29, 1.82) is 0 Å². The van der Waals surface area contributed by atoms with Crippen molar-refractivity contribution in [1.82, 2.24) is 0 Å². The summed E-state index contributed by atoms with van der Waals surface area (Å²) in [6.07, 6.45) is 4.11. The fraction of sp³-hybridized carbons (Fsp3) is 0.462. The summed E-state index contributed by atoms with van der Waals surface area (Å²) in [6.45, 7) is 0.710. The van der Waals surface area contributed by atoms with Gasteiger partial charge < -0.3 is 9.47 Å². The van der Waals surface area contributed by atoms with Gasteiger partial charge in [0.15, 0.2) is 17.3 Å². The van der Waals surface area contributed by atoms with Crippen molar-refractivity contribution in [3.63, 3.8) is 0 Å². The summed E-state index contributed by atoms with van der Waals surface area (Å²) in [4.78, 5) is 14.5. The van der Waals surface area contributed by atoms with E-state index in [9.17, 15) is 9.18 Å². The maximum Gasteiger partial charge on any atom is 0.235 e. The Morgan fingerprint density at radius 3 is 2.56 bits per heavy atom. The second-order valence-corrected chi connectivity index (χ2v) is 4.54. The summed E-state index contributed by atoms with van der Waals surface area (Å²) < 4.78 is 24.4. The molecule has 5 heteroatoms. The van der Waals surface area contributed by atoms with Crippen molar-refractivity contribution in [2.45, 2.75) is 24.8 Å². The lowest BCUT2D eigenvalue weighted by Crippen LogP contribution is -2.33. The van der Waals surface area contributed by atoms with Crippen molar-refractivity contribution < 1.29 is 18.7 Å². The Balaban J connectivity index is 2.15. The molecule has 0 amide bonds. The van der Waals surface area contributed by atoms with Crippen molar-refractivity contribution in [2.75, 3.05) is 13.2 Å². The van der Waals surface area contributed by atoms with Gasteiger partial charge >= 0.3 is 0 Å². The predicted molar refractivity (Wildman–Crippen MR) is 61.0 cm³/mol. The molecule has 0 N–H and O–H groups in total. The third-order valence-electron chi connectivity index (χ3n) is 3.58. The second kappa shape index (κ2) is 4.10. The lowest BCUT2D eigenvalue weighted by Gasteiger charge is -2.38. The van der Waals surface area contributed by atoms with Crippen LogP contribution in [0.1, 0.15) is 24.8 Å². The van der Waals surface area contributed by atoms with Gasteiger partial charge in [-0.05, 0) is 31.4 Å². The third-order valence-corrected chi connectivity index (χ3v) is 3.58. The first kappa shape index (κ1) is 11.2. The van der Waals surface area contributed by atoms with E-state index in [1.165, 1.54) is 6.07 Å². The Labute approximate surface area is 103 Å². The monoisotopic (exact) mass is 249 g/mol. The molecule has 0 unspecified atom stereocenters. The largest absolute Gasteiger partial charge is 0.486 e. The highest BCUT2D eigenvalue weighted by Gasteiger charge is 2.42. The maximum atomic E-state index is 13.6. The molecule has 1 aliphatic heterocycles. The van der Waals surface area contributed by atoms with E-state index in [0.29, 0.717) is 19.0 Å². The summed E-state index contributed by atoms with van der Waals surface area (Å²) in [5.74, 6) is 0.0732. The maximum absolute atomic E-state index is 13.6. The van der Waals surface area contributed by atoms with Crippen LogP contribution in [0.3, 0.4) is 0 Å². The van der Waals surface area contributed by atoms with Crippen LogP contribution in [0.4, 0.5) is 4.39 Å². The lowest BCUT2D eigenvalue weighted by molar-refractivity contribution is 0.153. The quantitative estimate of drug-likeness (QED) is 0.597. The van der Waals surface area contributed by atoms with E-state index in [1.54, 1.807) is 12.1 Å². The van der Waals surface area contributed by atoms with Gasteiger partial charge in [-0.15, -0.1) is 0 Å². The molecule has 1 aliphatic carbocycles. The number of hydrogen-bond acceptors (Lipinski definition) is 4. The number of halogens is 1. The van der Waals surface area contributed by atoms with Gasteiger partial charge in [0.05, 0.1) is 0 Å². The minimum absolute atomic E-state index is 0.131. The van der Waals surface area contributed by atoms with Gasteiger partial charge in [0.2, 0.25) is 6.08 Å². The number of fused-ring (bicyclic) bond motifs is 1. The molecular formula is C13H12FNO3. The highest BCUT2D eigenvalue weighted by Crippen LogP contribution is 2.51. The van der Waals surface area contributed by atoms with Crippen molar-refractivity contribution in [3.05, 3.63) is 23.5 Å². The Morgan fingerprint density at radius 2 is 1.94 bits per heavy atom. The van der Waals surface area contributed by atoms with Crippen LogP contribution < -0.4 is 9.47 Å². The smallest absolute Gasteiger partial charge is 0.235 e. The molecule has 1 saturated carbocycles. The summed E-state index contributed by atoms with van der Waals surface area (Å²) >= 11 is 0. The molecule has 0 atom stereocenters. The van der Waals surface area contributed by atoms with Gasteiger partial charge in [-0.2, -0.15) is 4.99 Å². The Hall–Kier alpha value is -1.87. The molecule has 0 spiro atoms. The minimum atomic E-state index is -0.597. The Kier molecular flexibility index (Phi) is 2.56. The van der Waals surface area contributed by atoms with E-state index in [2.05, 4.69) is 4.99 Å². The molecule has 1 aromatic rings. The van der Waals surface area contributed by atoms with E-state index in [0.717, 1.165) is 24.8 Å². The molecule has 0 aromatic heterocycles. The Bertz CT molecular complexity index is 533. The van der Waals surface area contributed by atoms with Gasteiger partial charge in [0, 0.05) is 5.56 Å². The average Bonchev–Trinajstić information content (AvgIpc) is 2.35. The van der Waals surface area contributed by atoms with E-state index < -0.39 is 11.4 Å². The normalized spacial score (nSPS) is 19.6. The van der Waals surface area contributed by atoms with Crippen LogP contribution in [0, 0.1) is 5.82 Å². The number of nitrogens with zero attached hydrogens (tertiary/aromatic N) is 1. The van der Waals surface area contributed by atoms with Gasteiger partial charge in [-0.1, -0.05) is 0 Å². The number of rotatable bonds is 2. The second-order valence-electron chi connectivity index (χ2n) is 4.54. The van der Waals surface area contributed by atoms with E-state index >= 15 is 0 Å². The third kappa shape index (κ3) is 1.51. The highest BCUT2D eigenvalue weighted by atomic mass is 19.1. The molecule has 4 nitrogen and oxygen atoms in total. The lowest BCUT2D eigenvalue weighted by atomic mass is 9.72. The zero-order valence-electron chi connectivity index (χ0n) is 9.74. The molecule has 0 radical (unpaired) electrons. The standard InChI is InChI=1S/C13H12FNO3/c14-10-3-2-9(11-12(10)18-7-6-17-11)13(15-8-16)4-1-5-13/h2-3H,1,4-7H2. The molecular weight excluding hydrogens is 237 g/mol. The van der Waals surface area contributed by atoms with E-state index in [1.807, 2.05) is 0 Å². The zero-order valence-corrected chi connectivity index (χ0v) is 9.74. The van der Waals surface area contributed by atoms with Crippen LogP contribution in [-0.2, 0) is 10.3 Å². The van der Waals surface area contributed by atoms with Crippen molar-refractivity contribution in [3.8, 4) is 11.5 Å². The van der Waals surface area contributed by atoms with Gasteiger partial charge in [0.1, 0.15) is 18.8 Å². The summed E-state index contributed by atoms with van der Waals surface area (Å²) in [5, 5.41) is 0. The fourth-order valence-corrected chi connectivity index (χ4v) is 2.51. The number of carbonyl (C=O) groups excluding carboxylic acids is 1. The number of hydrogen-bond donors (Lipinski definition) is 0. The predicted octanol–water partition coefficient (Wildman–Crippen LogP) is 2.31. The highest BCUT2D eigenvalue weighted by molar-refractivity contribution is 5.53. The van der Waals surface area contributed by atoms with Crippen LogP contribution >= 0.6 is 0 Å².